The quantitative estimate of drug-likeness (QED) is 0.715. The number of aromatic nitrogens is 2. The first-order chi connectivity index (χ1) is 13.3. The second-order valence-electron chi connectivity index (χ2n) is 7.72. The minimum absolute atomic E-state index is 0.0571. The average Bonchev–Trinajstić information content (AvgIpc) is 3.10. The summed E-state index contributed by atoms with van der Waals surface area (Å²) < 4.78 is 28.1. The number of nitrogens with one attached hydrogen (secondary N) is 1. The molecule has 4 rings (SSSR count). The molecule has 1 aromatic heterocycles. The fourth-order valence-electron chi connectivity index (χ4n) is 3.45. The number of anilines is 1. The van der Waals surface area contributed by atoms with Crippen LogP contribution >= 0.6 is 0 Å². The summed E-state index contributed by atoms with van der Waals surface area (Å²) >= 11 is 0. The largest absolute Gasteiger partial charge is 0.339 e. The Kier molecular flexibility index (Phi) is 4.38. The maximum Gasteiger partial charge on any atom is 0.187 e. The van der Waals surface area contributed by atoms with Crippen LogP contribution in [0.5, 0.6) is 0 Å². The first-order valence-corrected chi connectivity index (χ1v) is 10.8. The van der Waals surface area contributed by atoms with E-state index in [1.807, 2.05) is 75.4 Å². The molecule has 28 heavy (non-hydrogen) atoms. The fraction of sp³-hybridized carbons (Fsp3) is 0.227. The third-order valence-corrected chi connectivity index (χ3v) is 6.61. The smallest absolute Gasteiger partial charge is 0.187 e. The highest BCUT2D eigenvalue weighted by atomic mass is 32.2. The second-order valence-corrected chi connectivity index (χ2v) is 9.67. The molecule has 5 nitrogen and oxygen atoms in total. The van der Waals surface area contributed by atoms with Crippen molar-refractivity contribution in [3.63, 3.8) is 0 Å². The van der Waals surface area contributed by atoms with Crippen molar-refractivity contribution in [1.29, 1.82) is 0 Å². The lowest BCUT2D eigenvalue weighted by atomic mass is 9.99. The number of rotatable bonds is 4. The van der Waals surface area contributed by atoms with Gasteiger partial charge in [-0.25, -0.2) is 13.1 Å². The predicted octanol–water partition coefficient (Wildman–Crippen LogP) is 4.37. The minimum Gasteiger partial charge on any atom is -0.339 e. The molecule has 144 valence electrons. The zero-order chi connectivity index (χ0) is 19.9. The van der Waals surface area contributed by atoms with Crippen molar-refractivity contribution in [3.05, 3.63) is 83.6 Å². The predicted molar refractivity (Wildman–Crippen MR) is 112 cm³/mol. The van der Waals surface area contributed by atoms with Crippen LogP contribution in [0.3, 0.4) is 0 Å². The summed E-state index contributed by atoms with van der Waals surface area (Å²) in [7, 11) is -3.55. The zero-order valence-corrected chi connectivity index (χ0v) is 17.0. The van der Waals surface area contributed by atoms with Crippen LogP contribution in [0, 0.1) is 6.92 Å². The van der Waals surface area contributed by atoms with E-state index in [-0.39, 0.29) is 10.6 Å². The lowest BCUT2D eigenvalue weighted by Crippen LogP contribution is -2.31. The summed E-state index contributed by atoms with van der Waals surface area (Å²) in [5.74, 6) is 0.455. The van der Waals surface area contributed by atoms with E-state index in [0.717, 1.165) is 22.4 Å². The molecule has 0 amide bonds. The molecule has 0 unspecified atom stereocenters. The van der Waals surface area contributed by atoms with Crippen LogP contribution in [-0.4, -0.2) is 18.2 Å². The van der Waals surface area contributed by atoms with Crippen LogP contribution in [0.2, 0.25) is 0 Å². The standard InChI is InChI=1S/C22H23N3O2S/c1-16-9-11-17(12-10-16)15-28(26,27)20-14-23-25-21(20)24-19(13-22(25,2)3)18-7-5-4-6-8-18/h4-14,24H,15H2,1-3H3. The van der Waals surface area contributed by atoms with Gasteiger partial charge in [0.1, 0.15) is 10.7 Å². The number of allylic oxidation sites excluding steroid dienone is 1. The Bertz CT molecular complexity index is 1140. The summed E-state index contributed by atoms with van der Waals surface area (Å²) in [6.07, 6.45) is 3.52. The monoisotopic (exact) mass is 393 g/mol. The van der Waals surface area contributed by atoms with Crippen molar-refractivity contribution < 1.29 is 8.42 Å². The lowest BCUT2D eigenvalue weighted by Gasteiger charge is -2.31. The Labute approximate surface area is 165 Å². The summed E-state index contributed by atoms with van der Waals surface area (Å²) in [5, 5.41) is 7.69. The van der Waals surface area contributed by atoms with Gasteiger partial charge in [0.25, 0.3) is 0 Å². The zero-order valence-electron chi connectivity index (χ0n) is 16.2. The molecule has 0 radical (unpaired) electrons. The molecule has 0 aliphatic carbocycles. The summed E-state index contributed by atoms with van der Waals surface area (Å²) in [5.41, 5.74) is 3.29. The van der Waals surface area contributed by atoms with Crippen LogP contribution < -0.4 is 5.32 Å². The highest BCUT2D eigenvalue weighted by Gasteiger charge is 2.33. The number of aryl methyl sites for hydroxylation is 1. The molecule has 0 fully saturated rings. The van der Waals surface area contributed by atoms with E-state index < -0.39 is 15.4 Å². The molecule has 0 saturated carbocycles. The van der Waals surface area contributed by atoms with Crippen molar-refractivity contribution in [1.82, 2.24) is 9.78 Å². The molecule has 2 aromatic carbocycles. The van der Waals surface area contributed by atoms with Gasteiger partial charge in [-0.15, -0.1) is 0 Å². The second kappa shape index (κ2) is 6.63. The number of hydrogen-bond donors (Lipinski definition) is 1. The Morgan fingerprint density at radius 1 is 1.04 bits per heavy atom. The molecule has 0 atom stereocenters. The van der Waals surface area contributed by atoms with Crippen molar-refractivity contribution in [2.75, 3.05) is 5.32 Å². The maximum atomic E-state index is 13.2. The van der Waals surface area contributed by atoms with Crippen LogP contribution in [0.1, 0.15) is 30.5 Å². The Morgan fingerprint density at radius 2 is 1.71 bits per heavy atom. The van der Waals surface area contributed by atoms with E-state index in [4.69, 9.17) is 0 Å². The van der Waals surface area contributed by atoms with Gasteiger partial charge in [0, 0.05) is 5.70 Å². The van der Waals surface area contributed by atoms with Crippen molar-refractivity contribution >= 4 is 21.4 Å². The SMILES string of the molecule is Cc1ccc(CS(=O)(=O)c2cnn3c2NC(c2ccccc2)=CC3(C)C)cc1. The van der Waals surface area contributed by atoms with Gasteiger partial charge in [-0.05, 0) is 38.0 Å². The topological polar surface area (TPSA) is 64.0 Å². The molecule has 1 aliphatic heterocycles. The molecular weight excluding hydrogens is 370 g/mol. The molecular formula is C22H23N3O2S. The van der Waals surface area contributed by atoms with Gasteiger partial charge >= 0.3 is 0 Å². The Morgan fingerprint density at radius 3 is 2.39 bits per heavy atom. The van der Waals surface area contributed by atoms with Crippen LogP contribution in [-0.2, 0) is 21.1 Å². The Hall–Kier alpha value is -2.86. The van der Waals surface area contributed by atoms with E-state index in [9.17, 15) is 8.42 Å². The van der Waals surface area contributed by atoms with Crippen LogP contribution in [0.4, 0.5) is 5.82 Å². The third-order valence-electron chi connectivity index (χ3n) is 4.93. The molecule has 3 aromatic rings. The van der Waals surface area contributed by atoms with Gasteiger partial charge in [0.15, 0.2) is 9.84 Å². The molecule has 1 N–H and O–H groups in total. The van der Waals surface area contributed by atoms with Crippen LogP contribution in [0.15, 0.2) is 71.8 Å². The van der Waals surface area contributed by atoms with Gasteiger partial charge in [0.2, 0.25) is 0 Å². The van der Waals surface area contributed by atoms with Crippen molar-refractivity contribution in [2.45, 2.75) is 37.0 Å². The number of fused-ring (bicyclic) bond motifs is 1. The average molecular weight is 394 g/mol. The first kappa shape index (κ1) is 18.5. The summed E-state index contributed by atoms with van der Waals surface area (Å²) in [4.78, 5) is 0.225. The molecule has 1 aliphatic rings. The number of nitrogens with zero attached hydrogens (tertiary/aromatic N) is 2. The van der Waals surface area contributed by atoms with Crippen LogP contribution in [0.25, 0.3) is 5.70 Å². The number of hydrogen-bond acceptors (Lipinski definition) is 4. The number of benzene rings is 2. The Balaban J connectivity index is 1.73. The summed E-state index contributed by atoms with van der Waals surface area (Å²) in [6.45, 7) is 6.02. The van der Waals surface area contributed by atoms with Gasteiger partial charge in [0.05, 0.1) is 17.5 Å². The van der Waals surface area contributed by atoms with E-state index in [1.165, 1.54) is 6.20 Å². The van der Waals surface area contributed by atoms with E-state index >= 15 is 0 Å². The van der Waals surface area contributed by atoms with Gasteiger partial charge < -0.3 is 5.32 Å². The van der Waals surface area contributed by atoms with E-state index in [2.05, 4.69) is 16.5 Å². The molecule has 2 heterocycles. The van der Waals surface area contributed by atoms with Crippen molar-refractivity contribution in [2.24, 2.45) is 0 Å². The number of sulfone groups is 1. The van der Waals surface area contributed by atoms with E-state index in [0.29, 0.717) is 5.82 Å². The van der Waals surface area contributed by atoms with Crippen molar-refractivity contribution in [3.8, 4) is 0 Å². The normalized spacial score (nSPS) is 15.5. The first-order valence-electron chi connectivity index (χ1n) is 9.18. The highest BCUT2D eigenvalue weighted by Crippen LogP contribution is 2.37. The molecule has 0 saturated heterocycles. The highest BCUT2D eigenvalue weighted by molar-refractivity contribution is 7.90. The van der Waals surface area contributed by atoms with Gasteiger partial charge in [-0.3, -0.25) is 0 Å². The summed E-state index contributed by atoms with van der Waals surface area (Å²) in [6, 6.07) is 17.5. The van der Waals surface area contributed by atoms with Gasteiger partial charge in [-0.2, -0.15) is 5.10 Å². The fourth-order valence-corrected chi connectivity index (χ4v) is 4.87. The maximum absolute atomic E-state index is 13.2. The lowest BCUT2D eigenvalue weighted by molar-refractivity contribution is 0.408. The third kappa shape index (κ3) is 3.36. The molecule has 0 bridgehead atoms. The minimum atomic E-state index is -3.55. The van der Waals surface area contributed by atoms with Gasteiger partial charge in [-0.1, -0.05) is 60.2 Å². The van der Waals surface area contributed by atoms with E-state index in [1.54, 1.807) is 4.68 Å². The molecule has 0 spiro atoms. The molecule has 6 heteroatoms.